The van der Waals surface area contributed by atoms with E-state index in [0.717, 1.165) is 0 Å². The molecule has 3 atom stereocenters. The highest BCUT2D eigenvalue weighted by Crippen LogP contribution is 2.33. The Morgan fingerprint density at radius 1 is 1.33 bits per heavy atom. The van der Waals surface area contributed by atoms with E-state index in [4.69, 9.17) is 5.73 Å². The molecule has 1 aromatic rings. The molecule has 0 amide bonds. The number of nitrogens with two attached hydrogens (primary N) is 1. The van der Waals surface area contributed by atoms with Crippen LogP contribution in [0.15, 0.2) is 30.3 Å². The first kappa shape index (κ1) is 16.5. The average Bonchev–Trinajstić information content (AvgIpc) is 2.43. The van der Waals surface area contributed by atoms with Crippen molar-refractivity contribution in [2.45, 2.75) is 31.0 Å². The first-order chi connectivity index (χ1) is 9.76. The summed E-state index contributed by atoms with van der Waals surface area (Å²) in [5, 5.41) is 31.5. The molecule has 0 saturated carbocycles. The monoisotopic (exact) mass is 297 g/mol. The lowest BCUT2D eigenvalue weighted by Gasteiger charge is -2.27. The molecule has 0 aliphatic heterocycles. The van der Waals surface area contributed by atoms with E-state index in [-0.39, 0.29) is 12.0 Å². The zero-order valence-corrected chi connectivity index (χ0v) is 11.2. The van der Waals surface area contributed by atoms with Crippen molar-refractivity contribution in [1.29, 1.82) is 0 Å². The Morgan fingerprint density at radius 2 is 1.86 bits per heavy atom. The second kappa shape index (κ2) is 6.27. The van der Waals surface area contributed by atoms with Crippen molar-refractivity contribution in [2.75, 3.05) is 0 Å². The van der Waals surface area contributed by atoms with Crippen LogP contribution in [0.5, 0.6) is 0 Å². The van der Waals surface area contributed by atoms with Crippen LogP contribution in [0.3, 0.4) is 0 Å². The van der Waals surface area contributed by atoms with E-state index in [0.29, 0.717) is 0 Å². The minimum absolute atomic E-state index is 0.0906. The predicted molar refractivity (Wildman–Crippen MR) is 71.8 cm³/mol. The van der Waals surface area contributed by atoms with Gasteiger partial charge in [-0.15, -0.1) is 0 Å². The Morgan fingerprint density at radius 3 is 2.19 bits per heavy atom. The van der Waals surface area contributed by atoms with E-state index in [2.05, 4.69) is 0 Å². The summed E-state index contributed by atoms with van der Waals surface area (Å²) in [7, 11) is 0. The third-order valence-electron chi connectivity index (χ3n) is 3.35. The molecule has 0 fully saturated rings. The first-order valence-corrected chi connectivity index (χ1v) is 6.12. The summed E-state index contributed by atoms with van der Waals surface area (Å²) in [5.74, 6) is -3.51. The van der Waals surface area contributed by atoms with E-state index in [1.165, 1.54) is 31.2 Å². The number of nitrogens with zero attached hydrogens (tertiary/aromatic N) is 2. The molecule has 1 rings (SSSR count). The van der Waals surface area contributed by atoms with Gasteiger partial charge < -0.3 is 5.11 Å². The van der Waals surface area contributed by atoms with Gasteiger partial charge in [-0.05, 0) is 5.56 Å². The number of nitro groups is 2. The Kier molecular flexibility index (Phi) is 4.93. The van der Waals surface area contributed by atoms with Crippen LogP contribution in [-0.2, 0) is 4.79 Å². The second-order valence-corrected chi connectivity index (χ2v) is 4.54. The summed E-state index contributed by atoms with van der Waals surface area (Å²) in [6.07, 6.45) is -0.0906. The Labute approximate surface area is 119 Å². The summed E-state index contributed by atoms with van der Waals surface area (Å²) in [5.41, 5.74) is 2.64. The molecule has 21 heavy (non-hydrogen) atoms. The molecular formula is C12H15N3O6. The van der Waals surface area contributed by atoms with Gasteiger partial charge in [-0.1, -0.05) is 37.3 Å². The molecule has 1 aromatic carbocycles. The summed E-state index contributed by atoms with van der Waals surface area (Å²) in [6, 6.07) is 5.93. The van der Waals surface area contributed by atoms with E-state index >= 15 is 0 Å². The van der Waals surface area contributed by atoms with Gasteiger partial charge in [0.15, 0.2) is 0 Å². The number of rotatable bonds is 7. The van der Waals surface area contributed by atoms with Crippen LogP contribution >= 0.6 is 0 Å². The van der Waals surface area contributed by atoms with Crippen LogP contribution in [0.25, 0.3) is 0 Å². The Hall–Kier alpha value is -2.55. The fourth-order valence-electron chi connectivity index (χ4n) is 2.26. The molecule has 9 heteroatoms. The fraction of sp³-hybridized carbons (Fsp3) is 0.417. The largest absolute Gasteiger partial charge is 0.475 e. The van der Waals surface area contributed by atoms with Gasteiger partial charge in [0.1, 0.15) is 5.92 Å². The molecule has 0 radical (unpaired) electrons. The molecule has 114 valence electrons. The lowest BCUT2D eigenvalue weighted by atomic mass is 9.80. The van der Waals surface area contributed by atoms with Crippen molar-refractivity contribution in [3.63, 3.8) is 0 Å². The lowest BCUT2D eigenvalue weighted by molar-refractivity contribution is -0.587. The number of carboxylic acid groups (broad SMARTS) is 1. The zero-order chi connectivity index (χ0) is 16.2. The summed E-state index contributed by atoms with van der Waals surface area (Å²) in [4.78, 5) is 31.8. The number of carbonyl (C=O) groups is 1. The third-order valence-corrected chi connectivity index (χ3v) is 3.35. The maximum absolute atomic E-state index is 11.3. The number of hydrogen-bond donors (Lipinski definition) is 2. The quantitative estimate of drug-likeness (QED) is 0.430. The first-order valence-electron chi connectivity index (χ1n) is 6.12. The maximum Gasteiger partial charge on any atom is 0.399 e. The molecular weight excluding hydrogens is 282 g/mol. The molecule has 0 spiro atoms. The maximum atomic E-state index is 11.3. The van der Waals surface area contributed by atoms with Crippen molar-refractivity contribution in [3.8, 4) is 0 Å². The van der Waals surface area contributed by atoms with Crippen LogP contribution in [0.2, 0.25) is 0 Å². The molecule has 3 unspecified atom stereocenters. The van der Waals surface area contributed by atoms with Gasteiger partial charge in [-0.25, -0.2) is 4.79 Å². The van der Waals surface area contributed by atoms with Crippen molar-refractivity contribution < 1.29 is 19.7 Å². The molecule has 0 heterocycles. The van der Waals surface area contributed by atoms with Crippen LogP contribution < -0.4 is 5.73 Å². The SMILES string of the molecule is CCC(C(c1ccccc1)C(N)(C(=O)O)[N+](=O)[O-])[N+](=O)[O-]. The van der Waals surface area contributed by atoms with E-state index in [1.54, 1.807) is 6.07 Å². The van der Waals surface area contributed by atoms with Crippen LogP contribution in [-0.4, -0.2) is 32.6 Å². The molecule has 0 bridgehead atoms. The lowest BCUT2D eigenvalue weighted by Crippen LogP contribution is -2.62. The zero-order valence-electron chi connectivity index (χ0n) is 11.2. The van der Waals surface area contributed by atoms with Crippen molar-refractivity contribution in [2.24, 2.45) is 5.73 Å². The smallest absolute Gasteiger partial charge is 0.399 e. The van der Waals surface area contributed by atoms with Crippen molar-refractivity contribution in [1.82, 2.24) is 0 Å². The van der Waals surface area contributed by atoms with Crippen LogP contribution in [0.1, 0.15) is 24.8 Å². The average molecular weight is 297 g/mol. The number of aliphatic carboxylic acids is 1. The van der Waals surface area contributed by atoms with Gasteiger partial charge in [0.05, 0.1) is 4.92 Å². The molecule has 3 N–H and O–H groups in total. The number of hydrogen-bond acceptors (Lipinski definition) is 6. The standard InChI is InChI=1S/C12H15N3O6/c1-2-9(14(18)19)10(8-6-4-3-5-7-8)12(13,11(16)17)15(20)21/h3-7,9-10H,2,13H2,1H3,(H,16,17). The highest BCUT2D eigenvalue weighted by molar-refractivity contribution is 5.78. The van der Waals surface area contributed by atoms with Gasteiger partial charge in [0, 0.05) is 11.3 Å². The molecule has 0 saturated heterocycles. The second-order valence-electron chi connectivity index (χ2n) is 4.54. The van der Waals surface area contributed by atoms with Crippen LogP contribution in [0, 0.1) is 20.2 Å². The summed E-state index contributed by atoms with van der Waals surface area (Å²) < 4.78 is 0. The molecule has 0 aliphatic carbocycles. The Bertz CT molecular complexity index is 533. The highest BCUT2D eigenvalue weighted by atomic mass is 16.6. The summed E-state index contributed by atoms with van der Waals surface area (Å²) >= 11 is 0. The third kappa shape index (κ3) is 2.97. The minimum atomic E-state index is -2.98. The normalized spacial score (nSPS) is 16.5. The van der Waals surface area contributed by atoms with E-state index in [1.807, 2.05) is 0 Å². The fourth-order valence-corrected chi connectivity index (χ4v) is 2.26. The van der Waals surface area contributed by atoms with Gasteiger partial charge in [-0.2, -0.15) is 0 Å². The summed E-state index contributed by atoms with van der Waals surface area (Å²) in [6.45, 7) is 1.45. The molecule has 0 aliphatic rings. The van der Waals surface area contributed by atoms with Gasteiger partial charge in [0.2, 0.25) is 6.04 Å². The van der Waals surface area contributed by atoms with Crippen LogP contribution in [0.4, 0.5) is 0 Å². The highest BCUT2D eigenvalue weighted by Gasteiger charge is 2.61. The topological polar surface area (TPSA) is 150 Å². The molecule has 0 aromatic heterocycles. The van der Waals surface area contributed by atoms with Gasteiger partial charge in [-0.3, -0.25) is 26.0 Å². The minimum Gasteiger partial charge on any atom is -0.475 e. The Balaban J connectivity index is 3.55. The van der Waals surface area contributed by atoms with Crippen molar-refractivity contribution >= 4 is 5.97 Å². The van der Waals surface area contributed by atoms with Gasteiger partial charge >= 0.3 is 11.6 Å². The number of benzene rings is 1. The van der Waals surface area contributed by atoms with E-state index < -0.39 is 33.4 Å². The van der Waals surface area contributed by atoms with Crippen molar-refractivity contribution in [3.05, 3.63) is 56.1 Å². The number of carboxylic acids is 1. The molecule has 9 nitrogen and oxygen atoms in total. The predicted octanol–water partition coefficient (Wildman–Crippen LogP) is 0.842. The van der Waals surface area contributed by atoms with Gasteiger partial charge in [0.25, 0.3) is 0 Å². The van der Waals surface area contributed by atoms with E-state index in [9.17, 15) is 30.1 Å².